The number of ether oxygens (including phenoxy) is 1. The number of carbonyl (C=O) groups is 4. The summed E-state index contributed by atoms with van der Waals surface area (Å²) in [6.45, 7) is 1.49. The number of rotatable bonds is 4. The first kappa shape index (κ1) is 20.4. The molecule has 2 N–H and O–H groups in total. The molecular weight excluding hydrogens is 422 g/mol. The first-order chi connectivity index (χ1) is 15.9. The number of imide groups is 1. The van der Waals surface area contributed by atoms with Gasteiger partial charge >= 0.3 is 0 Å². The van der Waals surface area contributed by atoms with E-state index in [0.717, 1.165) is 10.5 Å². The van der Waals surface area contributed by atoms with E-state index < -0.39 is 29.9 Å². The average molecular weight is 441 g/mol. The third-order valence-electron chi connectivity index (χ3n) is 5.68. The zero-order chi connectivity index (χ0) is 23.1. The van der Waals surface area contributed by atoms with Crippen LogP contribution in [0.2, 0.25) is 0 Å². The number of amides is 4. The van der Waals surface area contributed by atoms with Gasteiger partial charge in [-0.25, -0.2) is 0 Å². The second kappa shape index (κ2) is 7.90. The molecule has 0 saturated carbocycles. The molecule has 0 aromatic heterocycles. The van der Waals surface area contributed by atoms with Crippen LogP contribution in [0.3, 0.4) is 0 Å². The Hall–Kier alpha value is -4.46. The molecule has 2 aliphatic heterocycles. The lowest BCUT2D eigenvalue weighted by molar-refractivity contribution is -0.123. The van der Waals surface area contributed by atoms with E-state index in [2.05, 4.69) is 10.6 Å². The molecule has 3 aromatic rings. The minimum Gasteiger partial charge on any atom is -0.474 e. The van der Waals surface area contributed by atoms with Crippen molar-refractivity contribution in [3.8, 4) is 5.75 Å². The number of hydrogen-bond acceptors (Lipinski definition) is 5. The molecule has 0 fully saturated rings. The van der Waals surface area contributed by atoms with Gasteiger partial charge in [0, 0.05) is 11.3 Å². The van der Waals surface area contributed by atoms with Gasteiger partial charge in [-0.1, -0.05) is 42.5 Å². The van der Waals surface area contributed by atoms with Crippen LogP contribution in [0.4, 0.5) is 11.4 Å². The summed E-state index contributed by atoms with van der Waals surface area (Å²) in [6.07, 6.45) is -0.770. The number of fused-ring (bicyclic) bond motifs is 2. The maximum absolute atomic E-state index is 12.8. The Labute approximate surface area is 189 Å². The minimum absolute atomic E-state index is 0.281. The van der Waals surface area contributed by atoms with Gasteiger partial charge in [0.1, 0.15) is 11.8 Å². The van der Waals surface area contributed by atoms with Gasteiger partial charge in [0.15, 0.2) is 0 Å². The van der Waals surface area contributed by atoms with E-state index in [-0.39, 0.29) is 17.0 Å². The summed E-state index contributed by atoms with van der Waals surface area (Å²) in [5.74, 6) is -1.39. The van der Waals surface area contributed by atoms with Gasteiger partial charge in [0.2, 0.25) is 12.0 Å². The molecule has 0 aliphatic carbocycles. The second-order valence-corrected chi connectivity index (χ2v) is 7.80. The van der Waals surface area contributed by atoms with Crippen LogP contribution in [0, 0.1) is 0 Å². The van der Waals surface area contributed by atoms with E-state index in [9.17, 15) is 19.2 Å². The summed E-state index contributed by atoms with van der Waals surface area (Å²) in [7, 11) is 0. The van der Waals surface area contributed by atoms with Crippen LogP contribution >= 0.6 is 0 Å². The maximum atomic E-state index is 12.8. The number of carbonyl (C=O) groups excluding carboxylic acids is 4. The zero-order valence-electron chi connectivity index (χ0n) is 17.6. The molecular formula is C25H19N3O5. The van der Waals surface area contributed by atoms with Crippen LogP contribution in [0.25, 0.3) is 0 Å². The fraction of sp³-hybridized carbons (Fsp3) is 0.120. The molecule has 2 unspecified atom stereocenters. The molecule has 0 radical (unpaired) electrons. The molecule has 3 aromatic carbocycles. The highest BCUT2D eigenvalue weighted by atomic mass is 16.5. The minimum atomic E-state index is -1.03. The quantitative estimate of drug-likeness (QED) is 0.604. The van der Waals surface area contributed by atoms with Crippen LogP contribution in [-0.4, -0.2) is 34.6 Å². The van der Waals surface area contributed by atoms with Crippen LogP contribution in [0.5, 0.6) is 5.75 Å². The largest absolute Gasteiger partial charge is 0.474 e. The van der Waals surface area contributed by atoms with Crippen molar-refractivity contribution >= 4 is 35.0 Å². The number of hydrogen-bond donors (Lipinski definition) is 2. The highest BCUT2D eigenvalue weighted by Gasteiger charge is 2.40. The van der Waals surface area contributed by atoms with E-state index >= 15 is 0 Å². The molecule has 8 heteroatoms. The molecule has 5 rings (SSSR count). The Morgan fingerprint density at radius 3 is 2.24 bits per heavy atom. The van der Waals surface area contributed by atoms with E-state index in [1.165, 1.54) is 6.92 Å². The molecule has 33 heavy (non-hydrogen) atoms. The Morgan fingerprint density at radius 1 is 0.939 bits per heavy atom. The number of nitrogens with zero attached hydrogens (tertiary/aromatic N) is 1. The smallest absolute Gasteiger partial charge is 0.270 e. The van der Waals surface area contributed by atoms with Crippen molar-refractivity contribution in [2.45, 2.75) is 19.1 Å². The predicted molar refractivity (Wildman–Crippen MR) is 120 cm³/mol. The van der Waals surface area contributed by atoms with Gasteiger partial charge in [-0.3, -0.25) is 24.1 Å². The number of anilines is 2. The van der Waals surface area contributed by atoms with Crippen LogP contribution in [0.1, 0.15) is 39.3 Å². The van der Waals surface area contributed by atoms with Gasteiger partial charge in [-0.05, 0) is 37.3 Å². The molecule has 2 aliphatic rings. The molecule has 8 nitrogen and oxygen atoms in total. The molecule has 0 bridgehead atoms. The standard InChI is InChI=1S/C25H19N3O5/c1-14(28-24(31)17-9-5-6-10-18(17)25(28)32)22(29)26-16-11-12-20-19(13-16)27-23(30)21(33-20)15-7-3-2-4-8-15/h2-14,21H,1H3,(H,26,29)(H,27,30). The molecule has 164 valence electrons. The van der Waals surface area contributed by atoms with Crippen molar-refractivity contribution in [1.82, 2.24) is 4.90 Å². The first-order valence-electron chi connectivity index (χ1n) is 10.4. The zero-order valence-corrected chi connectivity index (χ0v) is 17.6. The molecule has 0 saturated heterocycles. The summed E-state index contributed by atoms with van der Waals surface area (Å²) in [5, 5.41) is 5.50. The lowest BCUT2D eigenvalue weighted by atomic mass is 10.1. The summed E-state index contributed by atoms with van der Waals surface area (Å²) >= 11 is 0. The van der Waals surface area contributed by atoms with Crippen molar-refractivity contribution in [2.75, 3.05) is 10.6 Å². The topological polar surface area (TPSA) is 105 Å². The fourth-order valence-corrected chi connectivity index (χ4v) is 3.96. The number of benzene rings is 3. The highest BCUT2D eigenvalue weighted by Crippen LogP contribution is 2.36. The Bertz CT molecular complexity index is 1270. The van der Waals surface area contributed by atoms with Gasteiger partial charge in [0.05, 0.1) is 16.8 Å². The predicted octanol–water partition coefficient (Wildman–Crippen LogP) is 3.38. The summed E-state index contributed by atoms with van der Waals surface area (Å²) < 4.78 is 5.86. The van der Waals surface area contributed by atoms with Crippen molar-refractivity contribution in [3.05, 3.63) is 89.5 Å². The monoisotopic (exact) mass is 441 g/mol. The van der Waals surface area contributed by atoms with Crippen molar-refractivity contribution in [2.24, 2.45) is 0 Å². The SMILES string of the molecule is CC(C(=O)Nc1ccc2c(c1)NC(=O)C(c1ccccc1)O2)N1C(=O)c2ccccc2C1=O. The normalized spacial score (nSPS) is 17.5. The van der Waals surface area contributed by atoms with Gasteiger partial charge in [0.25, 0.3) is 17.7 Å². The third kappa shape index (κ3) is 3.51. The summed E-state index contributed by atoms with van der Waals surface area (Å²) in [4.78, 5) is 51.6. The molecule has 0 spiro atoms. The van der Waals surface area contributed by atoms with Crippen LogP contribution in [0.15, 0.2) is 72.8 Å². The maximum Gasteiger partial charge on any atom is 0.270 e. The van der Waals surface area contributed by atoms with Crippen molar-refractivity contribution in [3.63, 3.8) is 0 Å². The Balaban J connectivity index is 1.32. The van der Waals surface area contributed by atoms with Crippen molar-refractivity contribution < 1.29 is 23.9 Å². The summed E-state index contributed by atoms with van der Waals surface area (Å²) in [5.41, 5.74) is 2.10. The molecule has 2 heterocycles. The molecule has 2 atom stereocenters. The van der Waals surface area contributed by atoms with Gasteiger partial charge < -0.3 is 15.4 Å². The van der Waals surface area contributed by atoms with Gasteiger partial charge in [-0.15, -0.1) is 0 Å². The Morgan fingerprint density at radius 2 is 1.58 bits per heavy atom. The third-order valence-corrected chi connectivity index (χ3v) is 5.68. The lowest BCUT2D eigenvalue weighted by Crippen LogP contribution is -2.45. The van der Waals surface area contributed by atoms with Crippen LogP contribution in [-0.2, 0) is 9.59 Å². The average Bonchev–Trinajstić information content (AvgIpc) is 3.08. The fourth-order valence-electron chi connectivity index (χ4n) is 3.96. The molecule has 4 amide bonds. The van der Waals surface area contributed by atoms with Crippen molar-refractivity contribution in [1.29, 1.82) is 0 Å². The van der Waals surface area contributed by atoms with Crippen LogP contribution < -0.4 is 15.4 Å². The Kier molecular flexibility index (Phi) is 4.90. The van der Waals surface area contributed by atoms with E-state index in [4.69, 9.17) is 4.74 Å². The lowest BCUT2D eigenvalue weighted by Gasteiger charge is -2.27. The van der Waals surface area contributed by atoms with E-state index in [0.29, 0.717) is 17.1 Å². The van der Waals surface area contributed by atoms with E-state index in [1.54, 1.807) is 42.5 Å². The second-order valence-electron chi connectivity index (χ2n) is 7.80. The summed E-state index contributed by atoms with van der Waals surface area (Å²) in [6, 6.07) is 19.4. The van der Waals surface area contributed by atoms with Gasteiger partial charge in [-0.2, -0.15) is 0 Å². The first-order valence-corrected chi connectivity index (χ1v) is 10.4. The number of nitrogens with one attached hydrogen (secondary N) is 2. The van der Waals surface area contributed by atoms with E-state index in [1.807, 2.05) is 30.3 Å². The highest BCUT2D eigenvalue weighted by molar-refractivity contribution is 6.23.